The number of benzene rings is 3. The highest BCUT2D eigenvalue weighted by Crippen LogP contribution is 2.56. The van der Waals surface area contributed by atoms with Crippen LogP contribution in [0.1, 0.15) is 11.8 Å². The average molecular weight is 379 g/mol. The van der Waals surface area contributed by atoms with Crippen molar-refractivity contribution in [1.29, 1.82) is 0 Å². The number of aliphatic hydroxyl groups excluding tert-OH is 1. The smallest absolute Gasteiger partial charge is 0.231 e. The van der Waals surface area contributed by atoms with Crippen molar-refractivity contribution in [3.8, 4) is 39.9 Å². The van der Waals surface area contributed by atoms with Crippen molar-refractivity contribution in [3.05, 3.63) is 35.9 Å². The number of hydrogen-bond acceptors (Lipinski definition) is 7. The standard InChI is InChI=1S/C21H17NO6/c1-22-19-11(4-3-10-5-13-14(6-12(10)19)26-8-25-13)17-15(24-2)7-16-20(28-9-27-16)18(17)21(22)23/h3-7,21,23H,8-9H2,1-2H3. The Morgan fingerprint density at radius 3 is 2.57 bits per heavy atom. The summed E-state index contributed by atoms with van der Waals surface area (Å²) in [5.74, 6) is 3.20. The summed E-state index contributed by atoms with van der Waals surface area (Å²) in [5.41, 5.74) is 3.31. The van der Waals surface area contributed by atoms with Crippen molar-refractivity contribution in [2.75, 3.05) is 32.6 Å². The molecule has 0 spiro atoms. The third-order valence-electron chi connectivity index (χ3n) is 5.62. The average Bonchev–Trinajstić information content (AvgIpc) is 3.36. The van der Waals surface area contributed by atoms with E-state index < -0.39 is 6.23 Å². The van der Waals surface area contributed by atoms with Gasteiger partial charge in [-0.1, -0.05) is 12.1 Å². The maximum atomic E-state index is 11.2. The van der Waals surface area contributed by atoms with Gasteiger partial charge in [0.25, 0.3) is 0 Å². The Hall–Kier alpha value is -3.32. The summed E-state index contributed by atoms with van der Waals surface area (Å²) in [4.78, 5) is 1.84. The third kappa shape index (κ3) is 1.86. The first kappa shape index (κ1) is 15.7. The van der Waals surface area contributed by atoms with Crippen LogP contribution in [0.2, 0.25) is 0 Å². The Balaban J connectivity index is 1.71. The number of methoxy groups -OCH3 is 1. The molecule has 6 rings (SSSR count). The highest BCUT2D eigenvalue weighted by molar-refractivity contribution is 6.06. The Bertz CT molecular complexity index is 1160. The second kappa shape index (κ2) is 5.36. The van der Waals surface area contributed by atoms with Gasteiger partial charge in [0.2, 0.25) is 13.6 Å². The fourth-order valence-corrected chi connectivity index (χ4v) is 4.32. The van der Waals surface area contributed by atoms with Crippen molar-refractivity contribution in [2.45, 2.75) is 6.23 Å². The molecule has 3 aliphatic rings. The van der Waals surface area contributed by atoms with Crippen LogP contribution in [0.4, 0.5) is 5.69 Å². The normalized spacial score (nSPS) is 18.2. The van der Waals surface area contributed by atoms with E-state index in [1.54, 1.807) is 7.11 Å². The maximum absolute atomic E-state index is 11.2. The van der Waals surface area contributed by atoms with Gasteiger partial charge in [-0.3, -0.25) is 0 Å². The van der Waals surface area contributed by atoms with E-state index in [4.69, 9.17) is 23.7 Å². The van der Waals surface area contributed by atoms with E-state index in [1.165, 1.54) is 0 Å². The molecule has 7 nitrogen and oxygen atoms in total. The molecule has 28 heavy (non-hydrogen) atoms. The van der Waals surface area contributed by atoms with Gasteiger partial charge >= 0.3 is 0 Å². The van der Waals surface area contributed by atoms with E-state index in [2.05, 4.69) is 0 Å². The predicted octanol–water partition coefficient (Wildman–Crippen LogP) is 3.41. The first-order chi connectivity index (χ1) is 13.7. The number of aliphatic hydroxyl groups is 1. The number of nitrogens with zero attached hydrogens (tertiary/aromatic N) is 1. The van der Waals surface area contributed by atoms with Crippen LogP contribution in [0.5, 0.6) is 28.7 Å². The number of anilines is 1. The van der Waals surface area contributed by atoms with Crippen molar-refractivity contribution in [1.82, 2.24) is 0 Å². The fraction of sp³-hybridized carbons (Fsp3) is 0.238. The summed E-state index contributed by atoms with van der Waals surface area (Å²) in [6.45, 7) is 0.339. The lowest BCUT2D eigenvalue weighted by Gasteiger charge is -2.36. The van der Waals surface area contributed by atoms with Gasteiger partial charge in [-0.05, 0) is 17.5 Å². The molecule has 0 saturated carbocycles. The van der Waals surface area contributed by atoms with Crippen molar-refractivity contribution < 1.29 is 28.8 Å². The quantitative estimate of drug-likeness (QED) is 0.695. The van der Waals surface area contributed by atoms with Crippen LogP contribution >= 0.6 is 0 Å². The molecule has 1 atom stereocenters. The zero-order chi connectivity index (χ0) is 19.0. The largest absolute Gasteiger partial charge is 0.496 e. The van der Waals surface area contributed by atoms with Crippen LogP contribution in [0.25, 0.3) is 21.9 Å². The first-order valence-electron chi connectivity index (χ1n) is 8.95. The highest BCUT2D eigenvalue weighted by atomic mass is 16.7. The SMILES string of the molecule is COc1cc2c(c3c1-c1ccc4cc5c(cc4c1N(C)C3O)OCO5)OCO2. The van der Waals surface area contributed by atoms with Crippen LogP contribution in [-0.4, -0.2) is 32.8 Å². The Kier molecular flexibility index (Phi) is 3.01. The molecule has 3 heterocycles. The lowest BCUT2D eigenvalue weighted by atomic mass is 9.88. The van der Waals surface area contributed by atoms with Gasteiger partial charge in [0.1, 0.15) is 5.75 Å². The summed E-state index contributed by atoms with van der Waals surface area (Å²) in [6.07, 6.45) is -0.913. The molecule has 7 heteroatoms. The number of rotatable bonds is 1. The van der Waals surface area contributed by atoms with Crippen molar-refractivity contribution in [2.24, 2.45) is 0 Å². The summed E-state index contributed by atoms with van der Waals surface area (Å²) in [5, 5.41) is 13.2. The van der Waals surface area contributed by atoms with Gasteiger partial charge < -0.3 is 33.7 Å². The van der Waals surface area contributed by atoms with E-state index in [9.17, 15) is 5.11 Å². The lowest BCUT2D eigenvalue weighted by Crippen LogP contribution is -2.28. The van der Waals surface area contributed by atoms with Crippen molar-refractivity contribution in [3.63, 3.8) is 0 Å². The summed E-state index contributed by atoms with van der Waals surface area (Å²) >= 11 is 0. The molecule has 142 valence electrons. The Morgan fingerprint density at radius 1 is 1.00 bits per heavy atom. The number of fused-ring (bicyclic) bond motifs is 8. The minimum atomic E-state index is -0.913. The second-order valence-corrected chi connectivity index (χ2v) is 6.97. The Labute approximate surface area is 160 Å². The molecule has 3 aromatic carbocycles. The van der Waals surface area contributed by atoms with Crippen LogP contribution in [-0.2, 0) is 0 Å². The summed E-state index contributed by atoms with van der Waals surface area (Å²) in [7, 11) is 3.47. The molecule has 3 aliphatic heterocycles. The van der Waals surface area contributed by atoms with E-state index in [-0.39, 0.29) is 13.6 Å². The monoisotopic (exact) mass is 379 g/mol. The minimum Gasteiger partial charge on any atom is -0.496 e. The first-order valence-corrected chi connectivity index (χ1v) is 8.95. The van der Waals surface area contributed by atoms with Gasteiger partial charge in [0.15, 0.2) is 29.2 Å². The van der Waals surface area contributed by atoms with Gasteiger partial charge in [0.05, 0.1) is 18.4 Å². The molecule has 3 aromatic rings. The van der Waals surface area contributed by atoms with Crippen LogP contribution in [0, 0.1) is 0 Å². The molecule has 0 bridgehead atoms. The van der Waals surface area contributed by atoms with E-state index in [0.717, 1.165) is 33.3 Å². The van der Waals surface area contributed by atoms with Gasteiger partial charge in [-0.25, -0.2) is 0 Å². The van der Waals surface area contributed by atoms with Crippen LogP contribution < -0.4 is 28.6 Å². The van der Waals surface area contributed by atoms with E-state index in [1.807, 2.05) is 42.3 Å². The predicted molar refractivity (Wildman–Crippen MR) is 102 cm³/mol. The van der Waals surface area contributed by atoms with Crippen LogP contribution in [0.15, 0.2) is 30.3 Å². The van der Waals surface area contributed by atoms with E-state index >= 15 is 0 Å². The summed E-state index contributed by atoms with van der Waals surface area (Å²) < 4.78 is 27.9. The summed E-state index contributed by atoms with van der Waals surface area (Å²) in [6, 6.07) is 9.81. The van der Waals surface area contributed by atoms with Crippen LogP contribution in [0.3, 0.4) is 0 Å². The van der Waals surface area contributed by atoms with Gasteiger partial charge in [-0.2, -0.15) is 0 Å². The molecule has 1 N–H and O–H groups in total. The molecule has 0 radical (unpaired) electrons. The highest BCUT2D eigenvalue weighted by Gasteiger charge is 2.37. The van der Waals surface area contributed by atoms with E-state index in [0.29, 0.717) is 28.6 Å². The molecule has 1 unspecified atom stereocenters. The zero-order valence-electron chi connectivity index (χ0n) is 15.3. The molecule has 0 aliphatic carbocycles. The fourth-order valence-electron chi connectivity index (χ4n) is 4.32. The zero-order valence-corrected chi connectivity index (χ0v) is 15.3. The maximum Gasteiger partial charge on any atom is 0.231 e. The Morgan fingerprint density at radius 2 is 1.75 bits per heavy atom. The second-order valence-electron chi connectivity index (χ2n) is 6.97. The number of ether oxygens (including phenoxy) is 5. The molecule has 0 aromatic heterocycles. The third-order valence-corrected chi connectivity index (χ3v) is 5.62. The molecular weight excluding hydrogens is 362 g/mol. The molecule has 0 fully saturated rings. The van der Waals surface area contributed by atoms with Gasteiger partial charge in [0, 0.05) is 29.6 Å². The van der Waals surface area contributed by atoms with Gasteiger partial charge in [-0.15, -0.1) is 0 Å². The lowest BCUT2D eigenvalue weighted by molar-refractivity contribution is 0.157. The minimum absolute atomic E-state index is 0.124. The number of hydrogen-bond donors (Lipinski definition) is 1. The topological polar surface area (TPSA) is 69.6 Å². The molecule has 0 amide bonds. The molecular formula is C21H17NO6. The van der Waals surface area contributed by atoms with Crippen molar-refractivity contribution >= 4 is 16.5 Å². The molecule has 0 saturated heterocycles.